The van der Waals surface area contributed by atoms with Gasteiger partial charge in [0.15, 0.2) is 5.57 Å². The van der Waals surface area contributed by atoms with Crippen molar-refractivity contribution in [3.05, 3.63) is 53.2 Å². The van der Waals surface area contributed by atoms with Crippen LogP contribution in [0.5, 0.6) is 0 Å². The van der Waals surface area contributed by atoms with E-state index in [-0.39, 0.29) is 11.3 Å². The maximum atomic E-state index is 9.07. The minimum Gasteiger partial charge on any atom is -0.345 e. The zero-order valence-electron chi connectivity index (χ0n) is 10.8. The van der Waals surface area contributed by atoms with Crippen molar-refractivity contribution in [2.75, 3.05) is 5.32 Å². The van der Waals surface area contributed by atoms with Gasteiger partial charge in [-0.2, -0.15) is 15.8 Å². The second-order valence-corrected chi connectivity index (χ2v) is 4.19. The molecule has 1 N–H and O–H groups in total. The van der Waals surface area contributed by atoms with E-state index in [1.165, 1.54) is 0 Å². The molecule has 2 rings (SSSR count). The second kappa shape index (κ2) is 5.57. The number of fused-ring (bicyclic) bond motifs is 1. The lowest BCUT2D eigenvalue weighted by atomic mass is 10.0. The quantitative estimate of drug-likeness (QED) is 0.837. The van der Waals surface area contributed by atoms with Crippen LogP contribution in [0.3, 0.4) is 0 Å². The minimum atomic E-state index is -0.225. The monoisotopic (exact) mass is 258 g/mol. The molecule has 94 valence electrons. The van der Waals surface area contributed by atoms with Gasteiger partial charge in [0, 0.05) is 11.1 Å². The molecular formula is C16H10N4. The molecule has 20 heavy (non-hydrogen) atoms. The first-order chi connectivity index (χ1) is 9.71. The maximum absolute atomic E-state index is 9.07. The molecule has 0 aliphatic heterocycles. The highest BCUT2D eigenvalue weighted by molar-refractivity contribution is 5.96. The molecule has 2 aromatic rings. The highest BCUT2D eigenvalue weighted by Gasteiger charge is 2.09. The number of hydrogen-bond donors (Lipinski definition) is 1. The van der Waals surface area contributed by atoms with Crippen LogP contribution in [0.4, 0.5) is 5.69 Å². The van der Waals surface area contributed by atoms with Gasteiger partial charge in [-0.3, -0.25) is 0 Å². The highest BCUT2D eigenvalue weighted by Crippen LogP contribution is 2.27. The van der Waals surface area contributed by atoms with Crippen LogP contribution in [0.1, 0.15) is 5.56 Å². The van der Waals surface area contributed by atoms with E-state index in [4.69, 9.17) is 15.8 Å². The second-order valence-electron chi connectivity index (χ2n) is 4.19. The Balaban J connectivity index is 2.60. The first kappa shape index (κ1) is 13.1. The van der Waals surface area contributed by atoms with Crippen molar-refractivity contribution >= 4 is 16.5 Å². The molecule has 0 saturated heterocycles. The van der Waals surface area contributed by atoms with E-state index >= 15 is 0 Å². The number of anilines is 1. The molecule has 0 radical (unpaired) electrons. The van der Waals surface area contributed by atoms with E-state index in [9.17, 15) is 0 Å². The van der Waals surface area contributed by atoms with Gasteiger partial charge < -0.3 is 5.32 Å². The van der Waals surface area contributed by atoms with Crippen molar-refractivity contribution in [1.29, 1.82) is 15.8 Å². The number of benzene rings is 2. The van der Waals surface area contributed by atoms with Crippen molar-refractivity contribution in [2.45, 2.75) is 6.92 Å². The van der Waals surface area contributed by atoms with Gasteiger partial charge in [-0.25, -0.2) is 0 Å². The average Bonchev–Trinajstić information content (AvgIpc) is 2.50. The molecule has 0 fully saturated rings. The van der Waals surface area contributed by atoms with Gasteiger partial charge in [0.05, 0.1) is 0 Å². The molecule has 0 amide bonds. The standard InChI is InChI=1S/C16H10N4/c1-11-6-7-15(14-5-3-2-4-13(11)14)20-16(10-19)12(8-17)9-18/h2-7,20H,1H3. The first-order valence-electron chi connectivity index (χ1n) is 5.91. The summed E-state index contributed by atoms with van der Waals surface area (Å²) in [5.74, 6) is 0. The lowest BCUT2D eigenvalue weighted by molar-refractivity contribution is 1.37. The molecule has 0 spiro atoms. The van der Waals surface area contributed by atoms with Crippen LogP contribution in [-0.2, 0) is 0 Å². The zero-order valence-corrected chi connectivity index (χ0v) is 10.8. The molecule has 2 aromatic carbocycles. The van der Waals surface area contributed by atoms with Crippen LogP contribution in [0.2, 0.25) is 0 Å². The van der Waals surface area contributed by atoms with Crippen molar-refractivity contribution in [1.82, 2.24) is 0 Å². The fourth-order valence-corrected chi connectivity index (χ4v) is 1.98. The molecule has 4 heteroatoms. The third-order valence-corrected chi connectivity index (χ3v) is 2.99. The molecule has 0 saturated carbocycles. The Kier molecular flexibility index (Phi) is 3.66. The summed E-state index contributed by atoms with van der Waals surface area (Å²) in [6.45, 7) is 2.00. The number of nitriles is 3. The summed E-state index contributed by atoms with van der Waals surface area (Å²) in [6.07, 6.45) is 0. The molecule has 4 nitrogen and oxygen atoms in total. The van der Waals surface area contributed by atoms with Crippen molar-refractivity contribution in [3.8, 4) is 18.2 Å². The summed E-state index contributed by atoms with van der Waals surface area (Å²) in [7, 11) is 0. The molecule has 0 unspecified atom stereocenters. The van der Waals surface area contributed by atoms with Gasteiger partial charge in [0.25, 0.3) is 0 Å². The van der Waals surface area contributed by atoms with Gasteiger partial charge >= 0.3 is 0 Å². The van der Waals surface area contributed by atoms with Crippen molar-refractivity contribution < 1.29 is 0 Å². The van der Waals surface area contributed by atoms with Gasteiger partial charge in [-0.15, -0.1) is 0 Å². The molecule has 0 bridgehead atoms. The molecule has 0 atom stereocenters. The van der Waals surface area contributed by atoms with Crippen LogP contribution in [-0.4, -0.2) is 0 Å². The summed E-state index contributed by atoms with van der Waals surface area (Å²) < 4.78 is 0. The van der Waals surface area contributed by atoms with Crippen LogP contribution >= 0.6 is 0 Å². The summed E-state index contributed by atoms with van der Waals surface area (Å²) in [6, 6.07) is 16.8. The summed E-state index contributed by atoms with van der Waals surface area (Å²) in [5.41, 5.74) is 1.56. The van der Waals surface area contributed by atoms with Gasteiger partial charge in [-0.05, 0) is 23.9 Å². The Labute approximate surface area is 116 Å². The first-order valence-corrected chi connectivity index (χ1v) is 5.91. The summed E-state index contributed by atoms with van der Waals surface area (Å²) in [5, 5.41) is 31.6. The van der Waals surface area contributed by atoms with Crippen molar-refractivity contribution in [3.63, 3.8) is 0 Å². The predicted octanol–water partition coefficient (Wildman–Crippen LogP) is 3.38. The Hall–Kier alpha value is -3.29. The van der Waals surface area contributed by atoms with Crippen LogP contribution in [0.15, 0.2) is 47.7 Å². The van der Waals surface area contributed by atoms with Crippen LogP contribution in [0, 0.1) is 40.9 Å². The molecule has 0 aliphatic carbocycles. The van der Waals surface area contributed by atoms with Crippen molar-refractivity contribution in [2.24, 2.45) is 0 Å². The molecule has 0 aromatic heterocycles. The average molecular weight is 258 g/mol. The number of hydrogen-bond acceptors (Lipinski definition) is 4. The Morgan fingerprint density at radius 2 is 1.55 bits per heavy atom. The lowest BCUT2D eigenvalue weighted by Crippen LogP contribution is -2.01. The number of nitrogens with zero attached hydrogens (tertiary/aromatic N) is 3. The predicted molar refractivity (Wildman–Crippen MR) is 76.2 cm³/mol. The smallest absolute Gasteiger partial charge is 0.163 e. The number of aryl methyl sites for hydroxylation is 1. The van der Waals surface area contributed by atoms with E-state index in [1.807, 2.05) is 49.4 Å². The van der Waals surface area contributed by atoms with E-state index < -0.39 is 0 Å². The topological polar surface area (TPSA) is 83.4 Å². The lowest BCUT2D eigenvalue weighted by Gasteiger charge is -2.10. The maximum Gasteiger partial charge on any atom is 0.163 e. The Bertz CT molecular complexity index is 810. The van der Waals surface area contributed by atoms with E-state index in [1.54, 1.807) is 12.1 Å². The fourth-order valence-electron chi connectivity index (χ4n) is 1.98. The van der Waals surface area contributed by atoms with E-state index in [0.29, 0.717) is 5.69 Å². The fraction of sp³-hybridized carbons (Fsp3) is 0.0625. The van der Waals surface area contributed by atoms with Crippen LogP contribution < -0.4 is 5.32 Å². The molecule has 0 aliphatic rings. The van der Waals surface area contributed by atoms with Crippen LogP contribution in [0.25, 0.3) is 10.8 Å². The van der Waals surface area contributed by atoms with Gasteiger partial charge in [0.1, 0.15) is 23.9 Å². The Morgan fingerprint density at radius 1 is 0.900 bits per heavy atom. The third-order valence-electron chi connectivity index (χ3n) is 2.99. The summed E-state index contributed by atoms with van der Waals surface area (Å²) >= 11 is 0. The Morgan fingerprint density at radius 3 is 2.15 bits per heavy atom. The summed E-state index contributed by atoms with van der Waals surface area (Å²) in [4.78, 5) is 0. The number of rotatable bonds is 2. The third kappa shape index (κ3) is 2.29. The molecule has 0 heterocycles. The number of nitrogens with one attached hydrogen (secondary N) is 1. The SMILES string of the molecule is Cc1ccc(NC(C#N)=C(C#N)C#N)c2ccccc12. The van der Waals surface area contributed by atoms with E-state index in [2.05, 4.69) is 5.32 Å². The zero-order chi connectivity index (χ0) is 14.5. The van der Waals surface area contributed by atoms with Gasteiger partial charge in [0.2, 0.25) is 0 Å². The highest BCUT2D eigenvalue weighted by atomic mass is 14.9. The normalized spacial score (nSPS) is 9.10. The number of allylic oxidation sites excluding steroid dienone is 2. The minimum absolute atomic E-state index is 0.0380. The van der Waals surface area contributed by atoms with Gasteiger partial charge in [-0.1, -0.05) is 30.3 Å². The largest absolute Gasteiger partial charge is 0.345 e. The van der Waals surface area contributed by atoms with E-state index in [0.717, 1.165) is 16.3 Å². The molecular weight excluding hydrogens is 248 g/mol.